The van der Waals surface area contributed by atoms with Crippen LogP contribution in [0.3, 0.4) is 0 Å². The molecule has 0 aliphatic carbocycles. The number of primary amides is 1. The number of nitrogens with zero attached hydrogens (tertiary/aromatic N) is 2. The number of hydrogen-bond donors (Lipinski definition) is 2. The van der Waals surface area contributed by atoms with E-state index < -0.39 is 12.0 Å². The highest BCUT2D eigenvalue weighted by molar-refractivity contribution is 9.10. The van der Waals surface area contributed by atoms with Crippen LogP contribution in [0.4, 0.5) is 0 Å². The van der Waals surface area contributed by atoms with Gasteiger partial charge in [0, 0.05) is 16.2 Å². The second-order valence-electron chi connectivity index (χ2n) is 3.92. The van der Waals surface area contributed by atoms with Gasteiger partial charge in [0.1, 0.15) is 0 Å². The van der Waals surface area contributed by atoms with Crippen molar-refractivity contribution in [1.29, 1.82) is 0 Å². The molecule has 1 unspecified atom stereocenters. The first-order valence-electron chi connectivity index (χ1n) is 5.31. The minimum Gasteiger partial charge on any atom is -0.389 e. The molecule has 0 radical (unpaired) electrons. The van der Waals surface area contributed by atoms with E-state index in [1.807, 2.05) is 12.1 Å². The number of aliphatic hydroxyl groups excluding tert-OH is 1. The fraction of sp³-hybridized carbons (Fsp3) is 0.167. The maximum Gasteiger partial charge on any atom is 0.251 e. The predicted octanol–water partition coefficient (Wildman–Crippen LogP) is 1.79. The number of rotatable bonds is 3. The molecule has 0 saturated carbocycles. The molecule has 0 saturated heterocycles. The number of halogens is 1. The van der Waals surface area contributed by atoms with E-state index in [2.05, 4.69) is 21.0 Å². The standard InChI is InChI=1S/C12H12BrN3O2/c1-7(17)10-3-2-9(13)4-11(10)16-6-8(5-15-16)12(14)18/h2-7,17H,1H3,(H2,14,18). The second-order valence-corrected chi connectivity index (χ2v) is 4.83. The summed E-state index contributed by atoms with van der Waals surface area (Å²) in [7, 11) is 0. The van der Waals surface area contributed by atoms with Gasteiger partial charge in [-0.15, -0.1) is 0 Å². The Morgan fingerprint density at radius 1 is 1.56 bits per heavy atom. The Balaban J connectivity index is 2.54. The Labute approximate surface area is 112 Å². The molecule has 1 aromatic heterocycles. The van der Waals surface area contributed by atoms with Crippen molar-refractivity contribution in [3.05, 3.63) is 46.2 Å². The van der Waals surface area contributed by atoms with Gasteiger partial charge in [-0.3, -0.25) is 4.79 Å². The Morgan fingerprint density at radius 2 is 2.28 bits per heavy atom. The van der Waals surface area contributed by atoms with Crippen LogP contribution in [0.2, 0.25) is 0 Å². The zero-order chi connectivity index (χ0) is 13.3. The van der Waals surface area contributed by atoms with E-state index in [-0.39, 0.29) is 0 Å². The van der Waals surface area contributed by atoms with Gasteiger partial charge >= 0.3 is 0 Å². The Hall–Kier alpha value is -1.66. The van der Waals surface area contributed by atoms with Gasteiger partial charge in [0.2, 0.25) is 0 Å². The van der Waals surface area contributed by atoms with E-state index in [0.29, 0.717) is 11.3 Å². The van der Waals surface area contributed by atoms with Gasteiger partial charge in [0.25, 0.3) is 5.91 Å². The third kappa shape index (κ3) is 2.44. The summed E-state index contributed by atoms with van der Waals surface area (Å²) in [5.74, 6) is -0.533. The van der Waals surface area contributed by atoms with Crippen LogP contribution in [0, 0.1) is 0 Å². The Bertz CT molecular complexity index is 593. The molecule has 6 heteroatoms. The molecule has 0 bridgehead atoms. The number of nitrogens with two attached hydrogens (primary N) is 1. The fourth-order valence-corrected chi connectivity index (χ4v) is 2.00. The maximum absolute atomic E-state index is 11.0. The minimum absolute atomic E-state index is 0.325. The topological polar surface area (TPSA) is 81.1 Å². The van der Waals surface area contributed by atoms with Crippen molar-refractivity contribution in [1.82, 2.24) is 9.78 Å². The highest BCUT2D eigenvalue weighted by Crippen LogP contribution is 2.25. The van der Waals surface area contributed by atoms with Crippen molar-refractivity contribution in [3.8, 4) is 5.69 Å². The smallest absolute Gasteiger partial charge is 0.251 e. The number of aromatic nitrogens is 2. The van der Waals surface area contributed by atoms with E-state index in [1.165, 1.54) is 17.1 Å². The van der Waals surface area contributed by atoms with Crippen LogP contribution in [0.25, 0.3) is 5.69 Å². The lowest BCUT2D eigenvalue weighted by molar-refractivity contribution is 0.100. The predicted molar refractivity (Wildman–Crippen MR) is 70.4 cm³/mol. The highest BCUT2D eigenvalue weighted by atomic mass is 79.9. The van der Waals surface area contributed by atoms with Crippen molar-refractivity contribution in [2.24, 2.45) is 5.73 Å². The molecule has 5 nitrogen and oxygen atoms in total. The van der Waals surface area contributed by atoms with E-state index >= 15 is 0 Å². The van der Waals surface area contributed by atoms with Crippen LogP contribution in [-0.2, 0) is 0 Å². The van der Waals surface area contributed by atoms with Crippen molar-refractivity contribution < 1.29 is 9.90 Å². The van der Waals surface area contributed by atoms with E-state index in [0.717, 1.165) is 10.0 Å². The zero-order valence-electron chi connectivity index (χ0n) is 9.67. The molecule has 0 aliphatic rings. The summed E-state index contributed by atoms with van der Waals surface area (Å²) in [5.41, 5.74) is 6.93. The van der Waals surface area contributed by atoms with Crippen molar-refractivity contribution in [2.45, 2.75) is 13.0 Å². The molecule has 94 valence electrons. The van der Waals surface area contributed by atoms with Crippen molar-refractivity contribution in [3.63, 3.8) is 0 Å². The number of hydrogen-bond acceptors (Lipinski definition) is 3. The van der Waals surface area contributed by atoms with Gasteiger partial charge in [0.15, 0.2) is 0 Å². The second kappa shape index (κ2) is 4.91. The molecule has 3 N–H and O–H groups in total. The molecule has 0 aliphatic heterocycles. The summed E-state index contributed by atoms with van der Waals surface area (Å²) < 4.78 is 2.38. The van der Waals surface area contributed by atoms with Crippen LogP contribution in [-0.4, -0.2) is 20.8 Å². The lowest BCUT2D eigenvalue weighted by atomic mass is 10.1. The van der Waals surface area contributed by atoms with Crippen molar-refractivity contribution >= 4 is 21.8 Å². The third-order valence-corrected chi connectivity index (χ3v) is 3.05. The van der Waals surface area contributed by atoms with Gasteiger partial charge in [-0.05, 0) is 19.1 Å². The molecular weight excluding hydrogens is 298 g/mol. The number of aliphatic hydroxyl groups is 1. The summed E-state index contributed by atoms with van der Waals surface area (Å²) in [6, 6.07) is 5.46. The average molecular weight is 310 g/mol. The lowest BCUT2D eigenvalue weighted by Gasteiger charge is -2.12. The summed E-state index contributed by atoms with van der Waals surface area (Å²) in [4.78, 5) is 11.0. The molecule has 1 atom stereocenters. The average Bonchev–Trinajstić information content (AvgIpc) is 2.77. The molecule has 0 fully saturated rings. The van der Waals surface area contributed by atoms with Crippen LogP contribution in [0.5, 0.6) is 0 Å². The normalized spacial score (nSPS) is 12.4. The van der Waals surface area contributed by atoms with E-state index in [4.69, 9.17) is 5.73 Å². The quantitative estimate of drug-likeness (QED) is 0.907. The Kier molecular flexibility index (Phi) is 3.49. The first kappa shape index (κ1) is 12.8. The molecule has 2 aromatic rings. The van der Waals surface area contributed by atoms with Gasteiger partial charge in [0.05, 0.1) is 23.6 Å². The monoisotopic (exact) mass is 309 g/mol. The molecule has 1 heterocycles. The SMILES string of the molecule is CC(O)c1ccc(Br)cc1-n1cc(C(N)=O)cn1. The maximum atomic E-state index is 11.0. The molecule has 1 aromatic carbocycles. The summed E-state index contributed by atoms with van der Waals surface area (Å²) in [5, 5.41) is 13.8. The number of benzene rings is 1. The largest absolute Gasteiger partial charge is 0.389 e. The minimum atomic E-state index is -0.630. The summed E-state index contributed by atoms with van der Waals surface area (Å²) in [6.07, 6.45) is 2.31. The Morgan fingerprint density at radius 3 is 2.83 bits per heavy atom. The highest BCUT2D eigenvalue weighted by Gasteiger charge is 2.12. The van der Waals surface area contributed by atoms with Gasteiger partial charge < -0.3 is 10.8 Å². The van der Waals surface area contributed by atoms with Gasteiger partial charge in [-0.1, -0.05) is 22.0 Å². The first-order valence-corrected chi connectivity index (χ1v) is 6.10. The lowest BCUT2D eigenvalue weighted by Crippen LogP contribution is -2.09. The van der Waals surface area contributed by atoms with E-state index in [1.54, 1.807) is 13.0 Å². The third-order valence-electron chi connectivity index (χ3n) is 2.56. The van der Waals surface area contributed by atoms with E-state index in [9.17, 15) is 9.90 Å². The van der Waals surface area contributed by atoms with Crippen LogP contribution >= 0.6 is 15.9 Å². The number of carbonyl (C=O) groups excluding carboxylic acids is 1. The first-order chi connectivity index (χ1) is 8.49. The van der Waals surface area contributed by atoms with Gasteiger partial charge in [-0.2, -0.15) is 5.10 Å². The summed E-state index contributed by atoms with van der Waals surface area (Å²) >= 11 is 3.36. The molecule has 0 spiro atoms. The van der Waals surface area contributed by atoms with Crippen LogP contribution < -0.4 is 5.73 Å². The van der Waals surface area contributed by atoms with Crippen LogP contribution in [0.1, 0.15) is 28.9 Å². The van der Waals surface area contributed by atoms with Crippen molar-refractivity contribution in [2.75, 3.05) is 0 Å². The number of amides is 1. The van der Waals surface area contributed by atoms with Gasteiger partial charge in [-0.25, -0.2) is 4.68 Å². The van der Waals surface area contributed by atoms with Crippen LogP contribution in [0.15, 0.2) is 35.1 Å². The zero-order valence-corrected chi connectivity index (χ0v) is 11.3. The molecular formula is C12H12BrN3O2. The number of carbonyl (C=O) groups is 1. The molecule has 2 rings (SSSR count). The molecule has 1 amide bonds. The fourth-order valence-electron chi connectivity index (χ4n) is 1.65. The summed E-state index contributed by atoms with van der Waals surface area (Å²) in [6.45, 7) is 1.67. The molecule has 18 heavy (non-hydrogen) atoms.